The van der Waals surface area contributed by atoms with Gasteiger partial charge in [0.15, 0.2) is 0 Å². The van der Waals surface area contributed by atoms with E-state index in [0.29, 0.717) is 0 Å². The molecule has 0 aliphatic heterocycles. The number of anilines is 3. The minimum absolute atomic E-state index is 0.103. The van der Waals surface area contributed by atoms with Gasteiger partial charge in [-0.3, -0.25) is 0 Å². The van der Waals surface area contributed by atoms with Crippen LogP contribution in [0.3, 0.4) is 0 Å². The third-order valence-corrected chi connectivity index (χ3v) is 12.4. The number of para-hydroxylation sites is 2. The van der Waals surface area contributed by atoms with Crippen LogP contribution in [0, 0.1) is 0 Å². The number of rotatable bonds is 7. The SMILES string of the molecule is CC1(C)c2ccccc2-c2ccc(N(c3ccc(-c4ccc(-c5ccccc5)cc4)cc3)c3ccc(-c4cccc(-n5c6ccccc6c6ccccc65)c4)cc3)cc21. The van der Waals surface area contributed by atoms with Gasteiger partial charge in [-0.15, -0.1) is 0 Å². The first-order valence-corrected chi connectivity index (χ1v) is 20.5. The number of benzene rings is 9. The summed E-state index contributed by atoms with van der Waals surface area (Å²) in [4.78, 5) is 2.40. The van der Waals surface area contributed by atoms with E-state index in [9.17, 15) is 0 Å². The molecular weight excluding hydrogens is 713 g/mol. The first kappa shape index (κ1) is 34.8. The number of hydrogen-bond acceptors (Lipinski definition) is 1. The fourth-order valence-corrected chi connectivity index (χ4v) is 9.40. The monoisotopic (exact) mass is 754 g/mol. The summed E-state index contributed by atoms with van der Waals surface area (Å²) in [5, 5.41) is 2.54. The maximum absolute atomic E-state index is 2.41. The summed E-state index contributed by atoms with van der Waals surface area (Å²) in [6, 6.07) is 79.8. The number of aromatic nitrogens is 1. The summed E-state index contributed by atoms with van der Waals surface area (Å²) < 4.78 is 2.39. The second kappa shape index (κ2) is 13.9. The molecule has 0 atom stereocenters. The lowest BCUT2D eigenvalue weighted by atomic mass is 9.82. The first-order chi connectivity index (χ1) is 29.0. The molecule has 280 valence electrons. The summed E-state index contributed by atoms with van der Waals surface area (Å²) in [6.45, 7) is 4.71. The molecular formula is C57H42N2. The Kier molecular flexibility index (Phi) is 8.20. The van der Waals surface area contributed by atoms with Crippen LogP contribution in [0.4, 0.5) is 17.1 Å². The predicted octanol–water partition coefficient (Wildman–Crippen LogP) is 15.6. The second-order valence-electron chi connectivity index (χ2n) is 16.2. The van der Waals surface area contributed by atoms with Crippen molar-refractivity contribution in [2.24, 2.45) is 0 Å². The Bertz CT molecular complexity index is 3100. The van der Waals surface area contributed by atoms with Crippen molar-refractivity contribution in [2.75, 3.05) is 4.90 Å². The fourth-order valence-electron chi connectivity index (χ4n) is 9.40. The van der Waals surface area contributed by atoms with Crippen LogP contribution in [0.25, 0.3) is 72.0 Å². The highest BCUT2D eigenvalue weighted by Gasteiger charge is 2.35. The van der Waals surface area contributed by atoms with Crippen LogP contribution in [0.5, 0.6) is 0 Å². The Balaban J connectivity index is 0.973. The molecule has 0 N–H and O–H groups in total. The van der Waals surface area contributed by atoms with Gasteiger partial charge < -0.3 is 9.47 Å². The van der Waals surface area contributed by atoms with Gasteiger partial charge in [-0.05, 0) is 116 Å². The van der Waals surface area contributed by atoms with Crippen LogP contribution in [0.1, 0.15) is 25.0 Å². The molecule has 1 aliphatic rings. The molecule has 1 aliphatic carbocycles. The third kappa shape index (κ3) is 5.87. The van der Waals surface area contributed by atoms with E-state index < -0.39 is 0 Å². The molecule has 11 rings (SSSR count). The van der Waals surface area contributed by atoms with Crippen molar-refractivity contribution in [2.45, 2.75) is 19.3 Å². The number of hydrogen-bond donors (Lipinski definition) is 0. The van der Waals surface area contributed by atoms with Gasteiger partial charge in [0.25, 0.3) is 0 Å². The van der Waals surface area contributed by atoms with Gasteiger partial charge in [0, 0.05) is 38.9 Å². The highest BCUT2D eigenvalue weighted by molar-refractivity contribution is 6.09. The molecule has 0 radical (unpaired) electrons. The van der Waals surface area contributed by atoms with Crippen molar-refractivity contribution in [1.82, 2.24) is 4.57 Å². The molecule has 0 amide bonds. The van der Waals surface area contributed by atoms with Gasteiger partial charge in [-0.2, -0.15) is 0 Å². The Morgan fingerprint density at radius 2 is 0.797 bits per heavy atom. The first-order valence-electron chi connectivity index (χ1n) is 20.5. The molecule has 0 saturated heterocycles. The van der Waals surface area contributed by atoms with Crippen molar-refractivity contribution < 1.29 is 0 Å². The molecule has 1 heterocycles. The maximum atomic E-state index is 2.41. The van der Waals surface area contributed by atoms with E-state index in [2.05, 4.69) is 242 Å². The zero-order chi connectivity index (χ0) is 39.5. The van der Waals surface area contributed by atoms with Crippen molar-refractivity contribution in [3.05, 3.63) is 230 Å². The molecule has 1 aromatic heterocycles. The maximum Gasteiger partial charge on any atom is 0.0541 e. The van der Waals surface area contributed by atoms with E-state index in [0.717, 1.165) is 22.7 Å². The average molecular weight is 755 g/mol. The molecule has 59 heavy (non-hydrogen) atoms. The molecule has 0 spiro atoms. The molecule has 2 nitrogen and oxygen atoms in total. The van der Waals surface area contributed by atoms with E-state index in [1.54, 1.807) is 0 Å². The van der Waals surface area contributed by atoms with E-state index >= 15 is 0 Å². The average Bonchev–Trinajstić information content (AvgIpc) is 3.75. The van der Waals surface area contributed by atoms with E-state index in [4.69, 9.17) is 0 Å². The Labute approximate surface area is 345 Å². The van der Waals surface area contributed by atoms with E-state index in [1.807, 2.05) is 0 Å². The minimum Gasteiger partial charge on any atom is -0.310 e. The lowest BCUT2D eigenvalue weighted by molar-refractivity contribution is 0.660. The summed E-state index contributed by atoms with van der Waals surface area (Å²) in [7, 11) is 0. The predicted molar refractivity (Wildman–Crippen MR) is 249 cm³/mol. The van der Waals surface area contributed by atoms with Crippen LogP contribution in [-0.4, -0.2) is 4.57 Å². The topological polar surface area (TPSA) is 8.17 Å². The molecule has 10 aromatic rings. The van der Waals surface area contributed by atoms with Crippen LogP contribution in [-0.2, 0) is 5.41 Å². The lowest BCUT2D eigenvalue weighted by Gasteiger charge is -2.28. The van der Waals surface area contributed by atoms with E-state index in [1.165, 1.54) is 77.4 Å². The highest BCUT2D eigenvalue weighted by Crippen LogP contribution is 2.50. The third-order valence-electron chi connectivity index (χ3n) is 12.4. The van der Waals surface area contributed by atoms with Gasteiger partial charge in [-0.25, -0.2) is 0 Å². The van der Waals surface area contributed by atoms with Gasteiger partial charge in [-0.1, -0.05) is 172 Å². The van der Waals surface area contributed by atoms with Crippen LogP contribution in [0.15, 0.2) is 218 Å². The second-order valence-corrected chi connectivity index (χ2v) is 16.2. The zero-order valence-corrected chi connectivity index (χ0v) is 33.2. The van der Waals surface area contributed by atoms with Gasteiger partial charge in [0.05, 0.1) is 11.0 Å². The van der Waals surface area contributed by atoms with E-state index in [-0.39, 0.29) is 5.41 Å². The van der Waals surface area contributed by atoms with Gasteiger partial charge in [0.2, 0.25) is 0 Å². The normalized spacial score (nSPS) is 12.7. The molecule has 0 unspecified atom stereocenters. The Morgan fingerprint density at radius 1 is 0.339 bits per heavy atom. The summed E-state index contributed by atoms with van der Waals surface area (Å²) in [5.41, 5.74) is 19.5. The van der Waals surface area contributed by atoms with Gasteiger partial charge >= 0.3 is 0 Å². The molecule has 0 bridgehead atoms. The van der Waals surface area contributed by atoms with Crippen molar-refractivity contribution in [3.63, 3.8) is 0 Å². The summed E-state index contributed by atoms with van der Waals surface area (Å²) in [6.07, 6.45) is 0. The van der Waals surface area contributed by atoms with Crippen LogP contribution >= 0.6 is 0 Å². The van der Waals surface area contributed by atoms with Crippen LogP contribution in [0.2, 0.25) is 0 Å². The molecule has 2 heteroatoms. The van der Waals surface area contributed by atoms with Gasteiger partial charge in [0.1, 0.15) is 0 Å². The molecule has 0 saturated carbocycles. The van der Waals surface area contributed by atoms with Crippen molar-refractivity contribution in [3.8, 4) is 50.2 Å². The Morgan fingerprint density at radius 3 is 1.42 bits per heavy atom. The minimum atomic E-state index is -0.103. The van der Waals surface area contributed by atoms with Crippen molar-refractivity contribution >= 4 is 38.9 Å². The fraction of sp³-hybridized carbons (Fsp3) is 0.0526. The summed E-state index contributed by atoms with van der Waals surface area (Å²) >= 11 is 0. The smallest absolute Gasteiger partial charge is 0.0541 e. The summed E-state index contributed by atoms with van der Waals surface area (Å²) in [5.74, 6) is 0. The molecule has 9 aromatic carbocycles. The number of fused-ring (bicyclic) bond motifs is 6. The lowest BCUT2D eigenvalue weighted by Crippen LogP contribution is -2.16. The Hall–Kier alpha value is -7.42. The number of nitrogens with zero attached hydrogens (tertiary/aromatic N) is 2. The quantitative estimate of drug-likeness (QED) is 0.157. The largest absolute Gasteiger partial charge is 0.310 e. The standard InChI is InChI=1S/C57H42N2/c1-57(2)53-20-9-6-17-49(53)50-36-35-48(38-54(50)57)58(45-31-27-42(28-32-45)41-25-23-40(24-26-41)39-13-4-3-5-14-39)46-33-29-43(30-34-46)44-15-12-16-47(37-44)59-55-21-10-7-18-51(55)52-19-8-11-22-56(52)59/h3-38H,1-2H3. The van der Waals surface area contributed by atoms with Crippen molar-refractivity contribution in [1.29, 1.82) is 0 Å². The van der Waals surface area contributed by atoms with Crippen LogP contribution < -0.4 is 4.90 Å². The zero-order valence-electron chi connectivity index (χ0n) is 33.2. The highest BCUT2D eigenvalue weighted by atomic mass is 15.1. The molecule has 0 fully saturated rings.